The van der Waals surface area contributed by atoms with Gasteiger partial charge in [0.1, 0.15) is 28.2 Å². The number of ether oxygens (including phenoxy) is 2. The molecule has 0 aliphatic carbocycles. The van der Waals surface area contributed by atoms with Crippen molar-refractivity contribution in [3.63, 3.8) is 0 Å². The van der Waals surface area contributed by atoms with E-state index in [2.05, 4.69) is 10.2 Å². The van der Waals surface area contributed by atoms with Crippen molar-refractivity contribution in [2.45, 2.75) is 19.8 Å². The van der Waals surface area contributed by atoms with Crippen LogP contribution in [0, 0.1) is 6.92 Å². The Bertz CT molecular complexity index is 1240. The molecule has 0 spiro atoms. The number of carboxylic acid groups (broad SMARTS) is 1. The average molecular weight is 452 g/mol. The standard InChI is InChI=1S/C24H22ClN3O4/c1-16-4-2-5-20-24(16)27-28(26-20)21-15-18(25)8-11-22(21)32-13-3-12-31-19-9-6-17(7-10-19)14-23(29)30/h2,4-11,15H,3,12-14H2,1H3,(H,29,30). The molecule has 8 heteroatoms. The lowest BCUT2D eigenvalue weighted by atomic mass is 10.1. The number of carbonyl (C=O) groups is 1. The van der Waals surface area contributed by atoms with Crippen molar-refractivity contribution < 1.29 is 19.4 Å². The minimum atomic E-state index is -0.856. The Kier molecular flexibility index (Phi) is 6.56. The molecule has 0 unspecified atom stereocenters. The van der Waals surface area contributed by atoms with E-state index in [-0.39, 0.29) is 6.42 Å². The van der Waals surface area contributed by atoms with Crippen molar-refractivity contribution in [3.05, 3.63) is 76.8 Å². The number of nitrogens with zero attached hydrogens (tertiary/aromatic N) is 3. The zero-order valence-corrected chi connectivity index (χ0v) is 18.2. The SMILES string of the molecule is Cc1cccc2nn(-c3cc(Cl)ccc3OCCCOc3ccc(CC(=O)O)cc3)nc12. The Labute approximate surface area is 190 Å². The van der Waals surface area contributed by atoms with E-state index in [0.717, 1.165) is 22.2 Å². The number of hydrogen-bond donors (Lipinski definition) is 1. The second-order valence-corrected chi connectivity index (χ2v) is 7.75. The number of hydrogen-bond acceptors (Lipinski definition) is 5. The molecular formula is C24H22ClN3O4. The van der Waals surface area contributed by atoms with E-state index < -0.39 is 5.97 Å². The number of fused-ring (bicyclic) bond motifs is 1. The summed E-state index contributed by atoms with van der Waals surface area (Å²) < 4.78 is 11.7. The van der Waals surface area contributed by atoms with E-state index in [4.69, 9.17) is 26.2 Å². The van der Waals surface area contributed by atoms with Crippen molar-refractivity contribution in [1.29, 1.82) is 0 Å². The van der Waals surface area contributed by atoms with Crippen molar-refractivity contribution in [2.24, 2.45) is 0 Å². The van der Waals surface area contributed by atoms with E-state index >= 15 is 0 Å². The molecule has 4 aromatic rings. The van der Waals surface area contributed by atoms with Crippen LogP contribution in [0.4, 0.5) is 0 Å². The van der Waals surface area contributed by atoms with Gasteiger partial charge in [-0.25, -0.2) is 0 Å². The topological polar surface area (TPSA) is 86.5 Å². The number of halogens is 1. The molecule has 0 aliphatic heterocycles. The van der Waals surface area contributed by atoms with Crippen LogP contribution in [-0.4, -0.2) is 39.3 Å². The fourth-order valence-corrected chi connectivity index (χ4v) is 3.43. The van der Waals surface area contributed by atoms with Gasteiger partial charge in [-0.15, -0.1) is 15.0 Å². The molecule has 164 valence electrons. The van der Waals surface area contributed by atoms with Crippen LogP contribution in [0.1, 0.15) is 17.5 Å². The van der Waals surface area contributed by atoms with Gasteiger partial charge in [0.2, 0.25) is 0 Å². The monoisotopic (exact) mass is 451 g/mol. The number of aliphatic carboxylic acids is 1. The van der Waals surface area contributed by atoms with Gasteiger partial charge >= 0.3 is 5.97 Å². The van der Waals surface area contributed by atoms with Gasteiger partial charge in [-0.2, -0.15) is 0 Å². The zero-order chi connectivity index (χ0) is 22.5. The van der Waals surface area contributed by atoms with Crippen molar-refractivity contribution in [2.75, 3.05) is 13.2 Å². The smallest absolute Gasteiger partial charge is 0.307 e. The van der Waals surface area contributed by atoms with Gasteiger partial charge in [0.25, 0.3) is 0 Å². The van der Waals surface area contributed by atoms with Crippen LogP contribution in [-0.2, 0) is 11.2 Å². The molecule has 1 heterocycles. The number of aryl methyl sites for hydroxylation is 1. The predicted molar refractivity (Wildman–Crippen MR) is 122 cm³/mol. The molecular weight excluding hydrogens is 430 g/mol. The van der Waals surface area contributed by atoms with E-state index in [9.17, 15) is 4.79 Å². The third kappa shape index (κ3) is 5.18. The predicted octanol–water partition coefficient (Wildman–Crippen LogP) is 4.86. The highest BCUT2D eigenvalue weighted by molar-refractivity contribution is 6.30. The van der Waals surface area contributed by atoms with E-state index in [1.165, 1.54) is 0 Å². The number of carboxylic acids is 1. The average Bonchev–Trinajstić information content (AvgIpc) is 3.21. The van der Waals surface area contributed by atoms with Gasteiger partial charge in [-0.1, -0.05) is 35.9 Å². The first-order valence-electron chi connectivity index (χ1n) is 10.2. The largest absolute Gasteiger partial charge is 0.493 e. The van der Waals surface area contributed by atoms with Crippen LogP contribution in [0.5, 0.6) is 11.5 Å². The summed E-state index contributed by atoms with van der Waals surface area (Å²) in [5.74, 6) is 0.463. The summed E-state index contributed by atoms with van der Waals surface area (Å²) in [6.45, 7) is 2.90. The van der Waals surface area contributed by atoms with Gasteiger partial charge in [0, 0.05) is 11.4 Å². The van der Waals surface area contributed by atoms with Crippen LogP contribution in [0.3, 0.4) is 0 Å². The number of benzene rings is 3. The summed E-state index contributed by atoms with van der Waals surface area (Å²) in [6.07, 6.45) is 0.657. The first kappa shape index (κ1) is 21.6. The Balaban J connectivity index is 1.36. The molecule has 1 aromatic heterocycles. The fourth-order valence-electron chi connectivity index (χ4n) is 3.26. The molecule has 0 fully saturated rings. The Morgan fingerprint density at radius 3 is 2.56 bits per heavy atom. The third-order valence-corrected chi connectivity index (χ3v) is 5.08. The number of rotatable bonds is 9. The molecule has 32 heavy (non-hydrogen) atoms. The molecule has 0 bridgehead atoms. The minimum Gasteiger partial charge on any atom is -0.493 e. The highest BCUT2D eigenvalue weighted by atomic mass is 35.5. The second-order valence-electron chi connectivity index (χ2n) is 7.31. The fraction of sp³-hybridized carbons (Fsp3) is 0.208. The van der Waals surface area contributed by atoms with Crippen molar-refractivity contribution in [1.82, 2.24) is 15.0 Å². The van der Waals surface area contributed by atoms with Gasteiger partial charge < -0.3 is 14.6 Å². The zero-order valence-electron chi connectivity index (χ0n) is 17.5. The van der Waals surface area contributed by atoms with Crippen LogP contribution in [0.25, 0.3) is 16.7 Å². The lowest BCUT2D eigenvalue weighted by Crippen LogP contribution is -2.08. The lowest BCUT2D eigenvalue weighted by Gasteiger charge is -2.12. The molecule has 1 N–H and O–H groups in total. The van der Waals surface area contributed by atoms with Crippen LogP contribution in [0.15, 0.2) is 60.7 Å². The summed E-state index contributed by atoms with van der Waals surface area (Å²) in [5, 5.41) is 18.6. The third-order valence-electron chi connectivity index (χ3n) is 4.84. The molecule has 0 amide bonds. The lowest BCUT2D eigenvalue weighted by molar-refractivity contribution is -0.136. The van der Waals surface area contributed by atoms with Gasteiger partial charge in [0.05, 0.1) is 19.6 Å². The number of aromatic nitrogens is 3. The maximum atomic E-state index is 10.7. The highest BCUT2D eigenvalue weighted by Crippen LogP contribution is 2.27. The summed E-state index contributed by atoms with van der Waals surface area (Å²) >= 11 is 6.21. The maximum Gasteiger partial charge on any atom is 0.307 e. The molecule has 4 rings (SSSR count). The molecule has 0 saturated heterocycles. The molecule has 0 atom stereocenters. The minimum absolute atomic E-state index is 0.00220. The van der Waals surface area contributed by atoms with E-state index in [0.29, 0.717) is 41.8 Å². The molecule has 0 saturated carbocycles. The van der Waals surface area contributed by atoms with Gasteiger partial charge in [-0.05, 0) is 54.4 Å². The normalized spacial score (nSPS) is 10.9. The second kappa shape index (κ2) is 9.70. The quantitative estimate of drug-likeness (QED) is 0.366. The molecule has 7 nitrogen and oxygen atoms in total. The molecule has 0 radical (unpaired) electrons. The van der Waals surface area contributed by atoms with E-state index in [1.54, 1.807) is 47.3 Å². The van der Waals surface area contributed by atoms with Crippen molar-refractivity contribution in [3.8, 4) is 17.2 Å². The van der Waals surface area contributed by atoms with Crippen LogP contribution < -0.4 is 9.47 Å². The summed E-state index contributed by atoms with van der Waals surface area (Å²) in [4.78, 5) is 12.3. The summed E-state index contributed by atoms with van der Waals surface area (Å²) in [5.41, 5.74) is 4.09. The first-order chi connectivity index (χ1) is 15.5. The van der Waals surface area contributed by atoms with Gasteiger partial charge in [-0.3, -0.25) is 4.79 Å². The first-order valence-corrected chi connectivity index (χ1v) is 10.6. The highest BCUT2D eigenvalue weighted by Gasteiger charge is 2.12. The van der Waals surface area contributed by atoms with Crippen LogP contribution in [0.2, 0.25) is 5.02 Å². The Morgan fingerprint density at radius 2 is 1.81 bits per heavy atom. The van der Waals surface area contributed by atoms with Crippen LogP contribution >= 0.6 is 11.6 Å². The maximum absolute atomic E-state index is 10.7. The molecule has 3 aromatic carbocycles. The van der Waals surface area contributed by atoms with E-state index in [1.807, 2.05) is 25.1 Å². The Morgan fingerprint density at radius 1 is 1.03 bits per heavy atom. The van der Waals surface area contributed by atoms with Crippen molar-refractivity contribution >= 4 is 28.6 Å². The molecule has 0 aliphatic rings. The summed E-state index contributed by atoms with van der Waals surface area (Å²) in [6, 6.07) is 18.3. The summed E-state index contributed by atoms with van der Waals surface area (Å²) in [7, 11) is 0. The van der Waals surface area contributed by atoms with Gasteiger partial charge in [0.15, 0.2) is 0 Å². The Hall–Kier alpha value is -3.58.